The molecular weight excluding hydrogens is 504 g/mol. The van der Waals surface area contributed by atoms with E-state index in [0.29, 0.717) is 35.0 Å². The van der Waals surface area contributed by atoms with Crippen molar-refractivity contribution >= 4 is 23.1 Å². The maximum atomic E-state index is 13.6. The third-order valence-corrected chi connectivity index (χ3v) is 6.97. The average molecular weight is 531 g/mol. The van der Waals surface area contributed by atoms with Crippen LogP contribution in [-0.4, -0.2) is 36.1 Å². The highest BCUT2D eigenvalue weighted by atomic mass is 16.5. The van der Waals surface area contributed by atoms with Crippen molar-refractivity contribution < 1.29 is 19.4 Å². The van der Waals surface area contributed by atoms with Gasteiger partial charge < -0.3 is 14.7 Å². The lowest BCUT2D eigenvalue weighted by Gasteiger charge is -2.25. The van der Waals surface area contributed by atoms with Gasteiger partial charge in [-0.3, -0.25) is 19.0 Å². The van der Waals surface area contributed by atoms with E-state index in [1.165, 1.54) is 4.90 Å². The Labute approximate surface area is 230 Å². The molecule has 3 aromatic heterocycles. The predicted molar refractivity (Wildman–Crippen MR) is 149 cm³/mol. The van der Waals surface area contributed by atoms with Gasteiger partial charge in [0, 0.05) is 25.1 Å². The van der Waals surface area contributed by atoms with E-state index in [4.69, 9.17) is 4.74 Å². The summed E-state index contributed by atoms with van der Waals surface area (Å²) in [5.41, 5.74) is 3.95. The van der Waals surface area contributed by atoms with Crippen LogP contribution < -0.4 is 4.74 Å². The molecule has 0 aliphatic carbocycles. The summed E-state index contributed by atoms with van der Waals surface area (Å²) in [5, 5.41) is 11.7. The molecule has 40 heavy (non-hydrogen) atoms. The van der Waals surface area contributed by atoms with Crippen molar-refractivity contribution in [3.05, 3.63) is 137 Å². The van der Waals surface area contributed by atoms with Crippen molar-refractivity contribution in [2.24, 2.45) is 0 Å². The summed E-state index contributed by atoms with van der Waals surface area (Å²) >= 11 is 0. The standard InChI is InChI=1S/C32H26N4O4/c1-21-28(35-16-6-5-14-26(35)34-21)30(37)27-29(36(32(39)31(27)38)19-23-11-8-15-33-18-23)24-12-7-13-25(17-24)40-20-22-9-3-2-4-10-22/h2-18,29,37H,19-20H2,1H3/b30-27+. The van der Waals surface area contributed by atoms with E-state index in [-0.39, 0.29) is 17.9 Å². The lowest BCUT2D eigenvalue weighted by atomic mass is 9.96. The molecule has 1 amide bonds. The van der Waals surface area contributed by atoms with Crippen molar-refractivity contribution in [3.8, 4) is 5.75 Å². The number of rotatable bonds is 7. The molecule has 0 spiro atoms. The molecule has 8 heteroatoms. The van der Waals surface area contributed by atoms with Gasteiger partial charge in [-0.05, 0) is 53.9 Å². The Morgan fingerprint density at radius 3 is 2.55 bits per heavy atom. The number of aliphatic hydroxyl groups is 1. The van der Waals surface area contributed by atoms with E-state index >= 15 is 0 Å². The van der Waals surface area contributed by atoms with E-state index in [0.717, 1.165) is 11.1 Å². The number of aliphatic hydroxyl groups excluding tert-OH is 1. The number of ether oxygens (including phenoxy) is 1. The third-order valence-electron chi connectivity index (χ3n) is 6.97. The number of likely N-dealkylation sites (tertiary alicyclic amines) is 1. The van der Waals surface area contributed by atoms with Crippen molar-refractivity contribution in [1.29, 1.82) is 0 Å². The number of pyridine rings is 2. The van der Waals surface area contributed by atoms with Crippen LogP contribution in [0.4, 0.5) is 0 Å². The molecule has 0 radical (unpaired) electrons. The monoisotopic (exact) mass is 530 g/mol. The number of carbonyl (C=O) groups is 2. The highest BCUT2D eigenvalue weighted by Crippen LogP contribution is 2.41. The zero-order chi connectivity index (χ0) is 27.6. The molecule has 6 rings (SSSR count). The van der Waals surface area contributed by atoms with Crippen LogP contribution in [0.2, 0.25) is 0 Å². The Kier molecular flexibility index (Phi) is 6.57. The van der Waals surface area contributed by atoms with Crippen LogP contribution in [0.3, 0.4) is 0 Å². The molecule has 0 saturated carbocycles. The van der Waals surface area contributed by atoms with Crippen LogP contribution in [0.5, 0.6) is 5.75 Å². The van der Waals surface area contributed by atoms with Crippen molar-refractivity contribution in [3.63, 3.8) is 0 Å². The lowest BCUT2D eigenvalue weighted by molar-refractivity contribution is -0.140. The molecule has 1 aliphatic heterocycles. The largest absolute Gasteiger partial charge is 0.505 e. The number of fused-ring (bicyclic) bond motifs is 1. The Bertz CT molecular complexity index is 1750. The number of benzene rings is 2. The highest BCUT2D eigenvalue weighted by molar-refractivity contribution is 6.46. The molecular formula is C32H26N4O4. The fourth-order valence-corrected chi connectivity index (χ4v) is 5.12. The van der Waals surface area contributed by atoms with Crippen LogP contribution in [0.25, 0.3) is 11.4 Å². The smallest absolute Gasteiger partial charge is 0.295 e. The van der Waals surface area contributed by atoms with Crippen LogP contribution >= 0.6 is 0 Å². The summed E-state index contributed by atoms with van der Waals surface area (Å²) in [6.07, 6.45) is 5.07. The van der Waals surface area contributed by atoms with Gasteiger partial charge in [-0.25, -0.2) is 4.98 Å². The molecule has 1 atom stereocenters. The average Bonchev–Trinajstić information content (AvgIpc) is 3.45. The molecule has 2 aromatic carbocycles. The van der Waals surface area contributed by atoms with Gasteiger partial charge in [-0.1, -0.05) is 54.6 Å². The van der Waals surface area contributed by atoms with Gasteiger partial charge in [0.25, 0.3) is 11.7 Å². The molecule has 1 N–H and O–H groups in total. The summed E-state index contributed by atoms with van der Waals surface area (Å²) in [7, 11) is 0. The number of ketones is 1. The topological polar surface area (TPSA) is 97.0 Å². The quantitative estimate of drug-likeness (QED) is 0.176. The van der Waals surface area contributed by atoms with Crippen molar-refractivity contribution in [1.82, 2.24) is 19.3 Å². The minimum atomic E-state index is -0.853. The maximum absolute atomic E-state index is 13.6. The molecule has 1 saturated heterocycles. The van der Waals surface area contributed by atoms with E-state index in [2.05, 4.69) is 9.97 Å². The fraction of sp³-hybridized carbons (Fsp3) is 0.125. The zero-order valence-electron chi connectivity index (χ0n) is 21.8. The molecule has 1 aliphatic rings. The molecule has 0 bridgehead atoms. The first kappa shape index (κ1) is 25.1. The van der Waals surface area contributed by atoms with Crippen LogP contribution in [-0.2, 0) is 22.7 Å². The first-order valence-electron chi connectivity index (χ1n) is 12.9. The minimum absolute atomic E-state index is 0.00264. The van der Waals surface area contributed by atoms with E-state index < -0.39 is 17.7 Å². The number of carbonyl (C=O) groups excluding carboxylic acids is 2. The zero-order valence-corrected chi connectivity index (χ0v) is 21.8. The Hall–Kier alpha value is -5.24. The maximum Gasteiger partial charge on any atom is 0.295 e. The van der Waals surface area contributed by atoms with Crippen LogP contribution in [0.15, 0.2) is 109 Å². The van der Waals surface area contributed by atoms with E-state index in [1.54, 1.807) is 36.0 Å². The predicted octanol–water partition coefficient (Wildman–Crippen LogP) is 5.24. The fourth-order valence-electron chi connectivity index (χ4n) is 5.12. The first-order valence-corrected chi connectivity index (χ1v) is 12.9. The molecule has 4 heterocycles. The second-order valence-corrected chi connectivity index (χ2v) is 9.61. The normalized spacial score (nSPS) is 16.5. The summed E-state index contributed by atoms with van der Waals surface area (Å²) in [4.78, 5) is 37.2. The molecule has 8 nitrogen and oxygen atoms in total. The lowest BCUT2D eigenvalue weighted by Crippen LogP contribution is -2.29. The molecule has 198 valence electrons. The van der Waals surface area contributed by atoms with Gasteiger partial charge >= 0.3 is 0 Å². The third kappa shape index (κ3) is 4.60. The highest BCUT2D eigenvalue weighted by Gasteiger charge is 2.46. The second-order valence-electron chi connectivity index (χ2n) is 9.61. The van der Waals surface area contributed by atoms with Gasteiger partial charge in [-0.2, -0.15) is 0 Å². The number of aryl methyl sites for hydroxylation is 1. The molecule has 5 aromatic rings. The minimum Gasteiger partial charge on any atom is -0.505 e. The summed E-state index contributed by atoms with van der Waals surface area (Å²) < 4.78 is 7.77. The Morgan fingerprint density at radius 2 is 1.75 bits per heavy atom. The van der Waals surface area contributed by atoms with Crippen LogP contribution in [0, 0.1) is 6.92 Å². The SMILES string of the molecule is Cc1nc2ccccn2c1/C(O)=C1\C(=O)C(=O)N(Cc2cccnc2)C1c1cccc(OCc2ccccc2)c1. The van der Waals surface area contributed by atoms with Gasteiger partial charge in [0.2, 0.25) is 0 Å². The number of hydrogen-bond acceptors (Lipinski definition) is 6. The number of nitrogens with zero attached hydrogens (tertiary/aromatic N) is 4. The first-order chi connectivity index (χ1) is 19.5. The molecule has 1 unspecified atom stereocenters. The van der Waals surface area contributed by atoms with E-state index in [9.17, 15) is 14.7 Å². The number of hydrogen-bond donors (Lipinski definition) is 1. The summed E-state index contributed by atoms with van der Waals surface area (Å²) in [6.45, 7) is 2.27. The second kappa shape index (κ2) is 10.5. The summed E-state index contributed by atoms with van der Waals surface area (Å²) in [6, 6.07) is 25.3. The van der Waals surface area contributed by atoms with Crippen molar-refractivity contribution in [2.75, 3.05) is 0 Å². The molecule has 1 fully saturated rings. The number of Topliss-reactive ketones (excluding diaryl/α,β-unsaturated/α-hetero) is 1. The van der Waals surface area contributed by atoms with Gasteiger partial charge in [0.15, 0.2) is 5.76 Å². The van der Waals surface area contributed by atoms with E-state index in [1.807, 2.05) is 78.9 Å². The van der Waals surface area contributed by atoms with Crippen molar-refractivity contribution in [2.45, 2.75) is 26.1 Å². The number of aromatic nitrogens is 3. The Balaban J connectivity index is 1.46. The number of amides is 1. The number of imidazole rings is 1. The van der Waals surface area contributed by atoms with Crippen LogP contribution in [0.1, 0.15) is 34.1 Å². The van der Waals surface area contributed by atoms with Gasteiger partial charge in [0.05, 0.1) is 17.3 Å². The van der Waals surface area contributed by atoms with Gasteiger partial charge in [0.1, 0.15) is 23.7 Å². The Morgan fingerprint density at radius 1 is 0.950 bits per heavy atom. The van der Waals surface area contributed by atoms with Gasteiger partial charge in [-0.15, -0.1) is 0 Å². The summed E-state index contributed by atoms with van der Waals surface area (Å²) in [5.74, 6) is -1.15.